The predicted molar refractivity (Wildman–Crippen MR) is 81.9 cm³/mol. The molecule has 0 radical (unpaired) electrons. The summed E-state index contributed by atoms with van der Waals surface area (Å²) in [4.78, 5) is 10.5. The first-order valence-electron chi connectivity index (χ1n) is 7.95. The van der Waals surface area contributed by atoms with Crippen molar-refractivity contribution in [3.05, 3.63) is 42.1 Å². The van der Waals surface area contributed by atoms with Crippen LogP contribution in [0, 0.1) is 5.82 Å². The molecule has 1 aliphatic heterocycles. The number of nitrogens with one attached hydrogen (secondary N) is 1. The summed E-state index contributed by atoms with van der Waals surface area (Å²) in [5.41, 5.74) is 1.88. The van der Waals surface area contributed by atoms with E-state index in [1.165, 1.54) is 31.4 Å². The fourth-order valence-electron chi connectivity index (χ4n) is 3.29. The fraction of sp³-hybridized carbons (Fsp3) is 0.471. The van der Waals surface area contributed by atoms with Crippen molar-refractivity contribution in [2.45, 2.75) is 31.3 Å². The molecule has 1 N–H and O–H groups in total. The highest BCUT2D eigenvalue weighted by atomic mass is 19.1. The molecule has 2 fully saturated rings. The number of nitrogens with zero attached hydrogens (tertiary/aromatic N) is 2. The van der Waals surface area contributed by atoms with Gasteiger partial charge in [0.15, 0.2) is 0 Å². The van der Waals surface area contributed by atoms with E-state index in [0.717, 1.165) is 30.2 Å². The second kappa shape index (κ2) is 5.82. The molecule has 0 bridgehead atoms. The molecule has 0 spiro atoms. The van der Waals surface area contributed by atoms with Gasteiger partial charge in [0.2, 0.25) is 0 Å². The molecule has 4 rings (SSSR count). The Hall–Kier alpha value is -1.72. The van der Waals surface area contributed by atoms with Gasteiger partial charge in [-0.05, 0) is 42.7 Å². The van der Waals surface area contributed by atoms with Crippen LogP contribution in [0.2, 0.25) is 0 Å². The zero-order chi connectivity index (χ0) is 14.9. The molecule has 5 heteroatoms. The van der Waals surface area contributed by atoms with Gasteiger partial charge in [0.05, 0.1) is 31.1 Å². The first-order chi connectivity index (χ1) is 10.8. The number of halogens is 1. The van der Waals surface area contributed by atoms with Crippen molar-refractivity contribution >= 4 is 0 Å². The van der Waals surface area contributed by atoms with Gasteiger partial charge >= 0.3 is 0 Å². The van der Waals surface area contributed by atoms with Gasteiger partial charge in [0, 0.05) is 12.6 Å². The van der Waals surface area contributed by atoms with Gasteiger partial charge in [-0.2, -0.15) is 0 Å². The third kappa shape index (κ3) is 2.55. The lowest BCUT2D eigenvalue weighted by Crippen LogP contribution is -2.48. The Balaban J connectivity index is 1.57. The summed E-state index contributed by atoms with van der Waals surface area (Å²) in [7, 11) is 0. The smallest absolute Gasteiger partial charge is 0.126 e. The first-order valence-corrected chi connectivity index (χ1v) is 7.95. The van der Waals surface area contributed by atoms with Crippen LogP contribution < -0.4 is 0 Å². The Kier molecular flexibility index (Phi) is 3.68. The SMILES string of the molecule is Fc1ccc(-c2cnc(C3COCCN3C3CCC3)[nH]2)cc1. The van der Waals surface area contributed by atoms with Gasteiger partial charge in [0.1, 0.15) is 11.6 Å². The number of aromatic amines is 1. The Bertz CT molecular complexity index is 636. The minimum absolute atomic E-state index is 0.202. The largest absolute Gasteiger partial charge is 0.378 e. The molecule has 2 heterocycles. The summed E-state index contributed by atoms with van der Waals surface area (Å²) >= 11 is 0. The van der Waals surface area contributed by atoms with E-state index >= 15 is 0 Å². The molecule has 0 amide bonds. The van der Waals surface area contributed by atoms with Crippen LogP contribution in [0.4, 0.5) is 4.39 Å². The molecule has 1 saturated heterocycles. The van der Waals surface area contributed by atoms with Crippen LogP contribution >= 0.6 is 0 Å². The van der Waals surface area contributed by atoms with Crippen molar-refractivity contribution in [1.82, 2.24) is 14.9 Å². The lowest BCUT2D eigenvalue weighted by molar-refractivity contribution is -0.0494. The van der Waals surface area contributed by atoms with Crippen molar-refractivity contribution in [3.63, 3.8) is 0 Å². The molecule has 116 valence electrons. The number of morpholine rings is 1. The molecular formula is C17H20FN3O. The summed E-state index contributed by atoms with van der Waals surface area (Å²) in [6.07, 6.45) is 5.72. The van der Waals surface area contributed by atoms with Gasteiger partial charge in [0.25, 0.3) is 0 Å². The van der Waals surface area contributed by atoms with Crippen LogP contribution in [0.15, 0.2) is 30.5 Å². The topological polar surface area (TPSA) is 41.1 Å². The molecular weight excluding hydrogens is 281 g/mol. The van der Waals surface area contributed by atoms with Gasteiger partial charge in [-0.1, -0.05) is 6.42 Å². The standard InChI is InChI=1S/C17H20FN3O/c18-13-6-4-12(5-7-13)15-10-19-17(20-15)16-11-22-9-8-21(16)14-2-1-3-14/h4-7,10,14,16H,1-3,8-9,11H2,(H,19,20). The minimum Gasteiger partial charge on any atom is -0.378 e. The first kappa shape index (κ1) is 13.9. The van der Waals surface area contributed by atoms with Crippen LogP contribution in [0.1, 0.15) is 31.1 Å². The van der Waals surface area contributed by atoms with E-state index in [1.807, 2.05) is 6.20 Å². The van der Waals surface area contributed by atoms with Crippen LogP contribution in [0.25, 0.3) is 11.3 Å². The molecule has 2 aromatic rings. The number of hydrogen-bond acceptors (Lipinski definition) is 3. The van der Waals surface area contributed by atoms with E-state index in [4.69, 9.17) is 4.74 Å². The lowest BCUT2D eigenvalue weighted by Gasteiger charge is -2.44. The second-order valence-corrected chi connectivity index (χ2v) is 6.10. The van der Waals surface area contributed by atoms with Gasteiger partial charge < -0.3 is 9.72 Å². The summed E-state index contributed by atoms with van der Waals surface area (Å²) < 4.78 is 18.7. The van der Waals surface area contributed by atoms with Crippen LogP contribution in [-0.4, -0.2) is 40.7 Å². The van der Waals surface area contributed by atoms with E-state index in [9.17, 15) is 4.39 Å². The van der Waals surface area contributed by atoms with Crippen molar-refractivity contribution in [2.24, 2.45) is 0 Å². The number of aromatic nitrogens is 2. The van der Waals surface area contributed by atoms with Crippen molar-refractivity contribution in [2.75, 3.05) is 19.8 Å². The number of imidazole rings is 1. The average Bonchev–Trinajstić information content (AvgIpc) is 2.96. The number of H-pyrrole nitrogens is 1. The van der Waals surface area contributed by atoms with Gasteiger partial charge in [-0.25, -0.2) is 9.37 Å². The monoisotopic (exact) mass is 301 g/mol. The molecule has 1 unspecified atom stereocenters. The number of benzene rings is 1. The Morgan fingerprint density at radius 2 is 2.05 bits per heavy atom. The maximum atomic E-state index is 13.0. The number of rotatable bonds is 3. The number of hydrogen-bond donors (Lipinski definition) is 1. The summed E-state index contributed by atoms with van der Waals surface area (Å²) in [5.74, 6) is 0.728. The number of ether oxygens (including phenoxy) is 1. The van der Waals surface area contributed by atoms with Crippen molar-refractivity contribution in [3.8, 4) is 11.3 Å². The highest BCUT2D eigenvalue weighted by Crippen LogP contribution is 2.33. The molecule has 22 heavy (non-hydrogen) atoms. The van der Waals surface area contributed by atoms with E-state index < -0.39 is 0 Å². The zero-order valence-corrected chi connectivity index (χ0v) is 12.5. The third-order valence-corrected chi connectivity index (χ3v) is 4.78. The van der Waals surface area contributed by atoms with E-state index in [-0.39, 0.29) is 11.9 Å². The molecule has 1 aliphatic carbocycles. The van der Waals surface area contributed by atoms with Crippen molar-refractivity contribution < 1.29 is 9.13 Å². The quantitative estimate of drug-likeness (QED) is 0.947. The normalized spacial score (nSPS) is 23.4. The Labute approximate surface area is 129 Å². The summed E-state index contributed by atoms with van der Waals surface area (Å²) in [6, 6.07) is 7.36. The minimum atomic E-state index is -0.222. The molecule has 2 aliphatic rings. The summed E-state index contributed by atoms with van der Waals surface area (Å²) in [6.45, 7) is 2.47. The fourth-order valence-corrected chi connectivity index (χ4v) is 3.29. The van der Waals surface area contributed by atoms with Crippen LogP contribution in [0.5, 0.6) is 0 Å². The molecule has 1 aromatic heterocycles. The molecule has 1 aromatic carbocycles. The Morgan fingerprint density at radius 3 is 2.77 bits per heavy atom. The van der Waals surface area contributed by atoms with E-state index in [1.54, 1.807) is 12.1 Å². The van der Waals surface area contributed by atoms with Crippen LogP contribution in [0.3, 0.4) is 0 Å². The highest BCUT2D eigenvalue weighted by molar-refractivity contribution is 5.58. The van der Waals surface area contributed by atoms with Gasteiger partial charge in [-0.3, -0.25) is 4.90 Å². The Morgan fingerprint density at radius 1 is 1.23 bits per heavy atom. The molecule has 4 nitrogen and oxygen atoms in total. The summed E-state index contributed by atoms with van der Waals surface area (Å²) in [5, 5.41) is 0. The van der Waals surface area contributed by atoms with E-state index in [2.05, 4.69) is 14.9 Å². The predicted octanol–water partition coefficient (Wildman–Crippen LogP) is 3.14. The third-order valence-electron chi connectivity index (χ3n) is 4.78. The lowest BCUT2D eigenvalue weighted by atomic mass is 9.90. The highest BCUT2D eigenvalue weighted by Gasteiger charge is 2.34. The molecule has 1 atom stereocenters. The average molecular weight is 301 g/mol. The van der Waals surface area contributed by atoms with Gasteiger partial charge in [-0.15, -0.1) is 0 Å². The second-order valence-electron chi connectivity index (χ2n) is 6.10. The van der Waals surface area contributed by atoms with Crippen LogP contribution in [-0.2, 0) is 4.74 Å². The molecule has 1 saturated carbocycles. The van der Waals surface area contributed by atoms with E-state index in [0.29, 0.717) is 12.6 Å². The van der Waals surface area contributed by atoms with Crippen molar-refractivity contribution in [1.29, 1.82) is 0 Å². The maximum Gasteiger partial charge on any atom is 0.126 e. The zero-order valence-electron chi connectivity index (χ0n) is 12.5. The maximum absolute atomic E-state index is 13.0.